The van der Waals surface area contributed by atoms with E-state index in [1.165, 1.54) is 16.8 Å². The number of halogens is 1. The number of aromatic nitrogens is 2. The van der Waals surface area contributed by atoms with Crippen LogP contribution >= 0.6 is 0 Å². The Labute approximate surface area is 179 Å². The number of amides is 2. The molecule has 0 bridgehead atoms. The van der Waals surface area contributed by atoms with E-state index in [0.717, 1.165) is 31.2 Å². The second kappa shape index (κ2) is 7.98. The van der Waals surface area contributed by atoms with Crippen molar-refractivity contribution in [2.75, 3.05) is 0 Å². The van der Waals surface area contributed by atoms with Crippen LogP contribution in [0.2, 0.25) is 0 Å². The smallest absolute Gasteiger partial charge is 0.274 e. The van der Waals surface area contributed by atoms with Gasteiger partial charge < -0.3 is 10.2 Å². The van der Waals surface area contributed by atoms with Gasteiger partial charge in [0.25, 0.3) is 11.8 Å². The van der Waals surface area contributed by atoms with Crippen molar-refractivity contribution in [2.45, 2.75) is 44.3 Å². The Kier molecular flexibility index (Phi) is 5.02. The highest BCUT2D eigenvalue weighted by Crippen LogP contribution is 2.30. The molecule has 5 rings (SSSR count). The third-order valence-electron chi connectivity index (χ3n) is 5.61. The second-order valence-corrected chi connectivity index (χ2v) is 8.23. The van der Waals surface area contributed by atoms with Gasteiger partial charge in [0.1, 0.15) is 5.82 Å². The van der Waals surface area contributed by atoms with Crippen LogP contribution in [0.25, 0.3) is 5.69 Å². The van der Waals surface area contributed by atoms with Crippen LogP contribution in [0.4, 0.5) is 4.39 Å². The second-order valence-electron chi connectivity index (χ2n) is 8.23. The Morgan fingerprint density at radius 2 is 1.84 bits per heavy atom. The van der Waals surface area contributed by atoms with E-state index in [1.807, 2.05) is 17.0 Å². The molecule has 0 saturated heterocycles. The molecule has 7 heteroatoms. The first-order valence-corrected chi connectivity index (χ1v) is 10.6. The molecule has 2 aromatic carbocycles. The lowest BCUT2D eigenvalue weighted by Gasteiger charge is -2.21. The van der Waals surface area contributed by atoms with Gasteiger partial charge >= 0.3 is 0 Å². The predicted molar refractivity (Wildman–Crippen MR) is 113 cm³/mol. The number of carbonyl (C=O) groups is 2. The van der Waals surface area contributed by atoms with Crippen molar-refractivity contribution in [3.8, 4) is 5.69 Å². The summed E-state index contributed by atoms with van der Waals surface area (Å²) in [4.78, 5) is 27.2. The molecule has 2 aliphatic rings. The van der Waals surface area contributed by atoms with Crippen molar-refractivity contribution < 1.29 is 14.0 Å². The molecular formula is C24H23FN4O2. The molecule has 1 N–H and O–H groups in total. The summed E-state index contributed by atoms with van der Waals surface area (Å²) in [5, 5.41) is 7.35. The van der Waals surface area contributed by atoms with E-state index in [9.17, 15) is 14.0 Å². The summed E-state index contributed by atoms with van der Waals surface area (Å²) in [7, 11) is 0. The maximum atomic E-state index is 13.5. The molecule has 2 amide bonds. The first-order chi connectivity index (χ1) is 15.1. The van der Waals surface area contributed by atoms with Gasteiger partial charge in [0, 0.05) is 30.4 Å². The molecule has 0 atom stereocenters. The lowest BCUT2D eigenvalue weighted by molar-refractivity contribution is 0.0723. The third-order valence-corrected chi connectivity index (χ3v) is 5.61. The molecule has 0 spiro atoms. The lowest BCUT2D eigenvalue weighted by atomic mass is 10.1. The SMILES string of the molecule is O=C(NC1CC1)c1ccc(CN(C(=O)c2ccn(-c3cccc(F)c3)n2)C2CC2)cc1. The summed E-state index contributed by atoms with van der Waals surface area (Å²) in [5.41, 5.74) is 2.50. The van der Waals surface area contributed by atoms with Crippen LogP contribution in [-0.4, -0.2) is 38.6 Å². The van der Waals surface area contributed by atoms with Gasteiger partial charge in [-0.05, 0) is 67.6 Å². The average molecular weight is 418 g/mol. The van der Waals surface area contributed by atoms with E-state index in [0.29, 0.717) is 29.5 Å². The summed E-state index contributed by atoms with van der Waals surface area (Å²) in [6.07, 6.45) is 5.71. The number of rotatable bonds is 7. The standard InChI is InChI=1S/C24H23FN4O2/c25-18-2-1-3-21(14-18)29-13-12-22(27-29)24(31)28(20-10-11-20)15-16-4-6-17(7-5-16)23(30)26-19-8-9-19/h1-7,12-14,19-20H,8-11,15H2,(H,26,30). The Morgan fingerprint density at radius 3 is 2.52 bits per heavy atom. The minimum atomic E-state index is -0.352. The van der Waals surface area contributed by atoms with Gasteiger partial charge in [-0.25, -0.2) is 9.07 Å². The summed E-state index contributed by atoms with van der Waals surface area (Å²) in [6, 6.07) is 15.7. The third kappa shape index (κ3) is 4.50. The van der Waals surface area contributed by atoms with Crippen LogP contribution in [0.15, 0.2) is 60.8 Å². The fourth-order valence-electron chi connectivity index (χ4n) is 3.56. The van der Waals surface area contributed by atoms with Crippen LogP contribution in [0.5, 0.6) is 0 Å². The first kappa shape index (κ1) is 19.5. The monoisotopic (exact) mass is 418 g/mol. The Bertz CT molecular complexity index is 1120. The van der Waals surface area contributed by atoms with Gasteiger partial charge in [-0.3, -0.25) is 9.59 Å². The molecule has 6 nitrogen and oxygen atoms in total. The maximum Gasteiger partial charge on any atom is 0.274 e. The molecule has 2 fully saturated rings. The zero-order valence-corrected chi connectivity index (χ0v) is 17.0. The fourth-order valence-corrected chi connectivity index (χ4v) is 3.56. The summed E-state index contributed by atoms with van der Waals surface area (Å²) in [5.74, 6) is -0.546. The van der Waals surface area contributed by atoms with Gasteiger partial charge in [-0.15, -0.1) is 0 Å². The van der Waals surface area contributed by atoms with E-state index >= 15 is 0 Å². The fraction of sp³-hybridized carbons (Fsp3) is 0.292. The predicted octanol–water partition coefficient (Wildman–Crippen LogP) is 3.71. The van der Waals surface area contributed by atoms with Crippen molar-refractivity contribution in [2.24, 2.45) is 0 Å². The molecule has 0 radical (unpaired) electrons. The van der Waals surface area contributed by atoms with Crippen molar-refractivity contribution in [1.82, 2.24) is 20.0 Å². The molecule has 3 aromatic rings. The lowest BCUT2D eigenvalue weighted by Crippen LogP contribution is -2.33. The minimum Gasteiger partial charge on any atom is -0.349 e. The van der Waals surface area contributed by atoms with Gasteiger partial charge in [-0.2, -0.15) is 5.10 Å². The highest BCUT2D eigenvalue weighted by atomic mass is 19.1. The van der Waals surface area contributed by atoms with E-state index < -0.39 is 0 Å². The molecular weight excluding hydrogens is 395 g/mol. The zero-order chi connectivity index (χ0) is 21.4. The highest BCUT2D eigenvalue weighted by molar-refractivity contribution is 5.94. The van der Waals surface area contributed by atoms with Crippen LogP contribution in [0.1, 0.15) is 52.1 Å². The van der Waals surface area contributed by atoms with Gasteiger partial charge in [0.05, 0.1) is 5.69 Å². The normalized spacial score (nSPS) is 15.5. The largest absolute Gasteiger partial charge is 0.349 e. The molecule has 1 heterocycles. The van der Waals surface area contributed by atoms with Crippen molar-refractivity contribution in [1.29, 1.82) is 0 Å². The molecule has 1 aromatic heterocycles. The van der Waals surface area contributed by atoms with Crippen molar-refractivity contribution >= 4 is 11.8 Å². The summed E-state index contributed by atoms with van der Waals surface area (Å²) < 4.78 is 15.0. The zero-order valence-electron chi connectivity index (χ0n) is 17.0. The first-order valence-electron chi connectivity index (χ1n) is 10.6. The van der Waals surface area contributed by atoms with Crippen molar-refractivity contribution in [3.63, 3.8) is 0 Å². The minimum absolute atomic E-state index is 0.0490. The Morgan fingerprint density at radius 1 is 1.06 bits per heavy atom. The highest BCUT2D eigenvalue weighted by Gasteiger charge is 2.34. The Balaban J connectivity index is 1.30. The maximum absolute atomic E-state index is 13.5. The Hall–Kier alpha value is -3.48. The number of hydrogen-bond donors (Lipinski definition) is 1. The molecule has 0 unspecified atom stereocenters. The summed E-state index contributed by atoms with van der Waals surface area (Å²) >= 11 is 0. The van der Waals surface area contributed by atoms with E-state index in [2.05, 4.69) is 10.4 Å². The van der Waals surface area contributed by atoms with Gasteiger partial charge in [0.15, 0.2) is 5.69 Å². The number of nitrogens with zero attached hydrogens (tertiary/aromatic N) is 3. The van der Waals surface area contributed by atoms with Crippen LogP contribution < -0.4 is 5.32 Å². The number of nitrogens with one attached hydrogen (secondary N) is 1. The van der Waals surface area contributed by atoms with E-state index in [4.69, 9.17) is 0 Å². The van der Waals surface area contributed by atoms with Crippen LogP contribution in [0.3, 0.4) is 0 Å². The van der Waals surface area contributed by atoms with E-state index in [1.54, 1.807) is 36.5 Å². The van der Waals surface area contributed by atoms with Crippen LogP contribution in [-0.2, 0) is 6.54 Å². The van der Waals surface area contributed by atoms with Crippen LogP contribution in [0, 0.1) is 5.82 Å². The number of hydrogen-bond acceptors (Lipinski definition) is 3. The van der Waals surface area contributed by atoms with Gasteiger partial charge in [0.2, 0.25) is 0 Å². The van der Waals surface area contributed by atoms with Gasteiger partial charge in [-0.1, -0.05) is 18.2 Å². The summed E-state index contributed by atoms with van der Waals surface area (Å²) in [6.45, 7) is 0.459. The molecule has 158 valence electrons. The topological polar surface area (TPSA) is 67.2 Å². The molecule has 2 aliphatic carbocycles. The molecule has 0 aliphatic heterocycles. The number of benzene rings is 2. The van der Waals surface area contributed by atoms with E-state index in [-0.39, 0.29) is 23.7 Å². The number of carbonyl (C=O) groups excluding carboxylic acids is 2. The molecule has 2 saturated carbocycles. The quantitative estimate of drug-likeness (QED) is 0.636. The molecule has 31 heavy (non-hydrogen) atoms. The van der Waals surface area contributed by atoms with Crippen molar-refractivity contribution in [3.05, 3.63) is 83.4 Å². The average Bonchev–Trinajstić information content (AvgIpc) is 3.71.